The lowest BCUT2D eigenvalue weighted by Gasteiger charge is -2.38. The van der Waals surface area contributed by atoms with E-state index < -0.39 is 10.0 Å². The molecule has 0 amide bonds. The summed E-state index contributed by atoms with van der Waals surface area (Å²) in [6, 6.07) is 12.6. The van der Waals surface area contributed by atoms with Crippen LogP contribution in [0.2, 0.25) is 0 Å². The third kappa shape index (κ3) is 4.40. The Labute approximate surface area is 200 Å². The van der Waals surface area contributed by atoms with Crippen molar-refractivity contribution >= 4 is 15.7 Å². The number of aliphatic hydroxyl groups is 1. The topological polar surface area (TPSA) is 92.6 Å². The van der Waals surface area contributed by atoms with E-state index >= 15 is 0 Å². The summed E-state index contributed by atoms with van der Waals surface area (Å²) in [7, 11) is -3.82. The van der Waals surface area contributed by atoms with Crippen LogP contribution in [0.4, 0.5) is 5.69 Å². The molecule has 2 aliphatic rings. The monoisotopic (exact) mass is 479 g/mol. The molecule has 1 aliphatic heterocycles. The van der Waals surface area contributed by atoms with Gasteiger partial charge in [0, 0.05) is 23.4 Å². The van der Waals surface area contributed by atoms with E-state index in [0.717, 1.165) is 48.9 Å². The molecule has 0 bridgehead atoms. The number of benzene rings is 2. The Morgan fingerprint density at radius 3 is 2.62 bits per heavy atom. The van der Waals surface area contributed by atoms with E-state index in [0.29, 0.717) is 17.2 Å². The second-order valence-electron chi connectivity index (χ2n) is 9.03. The number of aromatic nitrogens is 2. The molecule has 2 heterocycles. The zero-order valence-corrected chi connectivity index (χ0v) is 20.0. The molecule has 34 heavy (non-hydrogen) atoms. The highest BCUT2D eigenvalue weighted by atomic mass is 32.2. The number of fused-ring (bicyclic) bond motifs is 1. The third-order valence-electron chi connectivity index (χ3n) is 6.77. The predicted molar refractivity (Wildman–Crippen MR) is 129 cm³/mol. The Morgan fingerprint density at radius 2 is 1.91 bits per heavy atom. The Kier molecular flexibility index (Phi) is 6.27. The summed E-state index contributed by atoms with van der Waals surface area (Å²) >= 11 is 0. The van der Waals surface area contributed by atoms with Gasteiger partial charge in [0.1, 0.15) is 12.4 Å². The lowest BCUT2D eigenvalue weighted by molar-refractivity contribution is 0.258. The smallest absolute Gasteiger partial charge is 0.264 e. The van der Waals surface area contributed by atoms with Crippen LogP contribution in [0.5, 0.6) is 5.75 Å². The fraction of sp³-hybridized carbons (Fsp3) is 0.385. The van der Waals surface area contributed by atoms with Gasteiger partial charge in [-0.05, 0) is 79.5 Å². The molecule has 1 unspecified atom stereocenters. The van der Waals surface area contributed by atoms with Gasteiger partial charge in [-0.2, -0.15) is 10.2 Å². The Morgan fingerprint density at radius 1 is 1.06 bits per heavy atom. The zero-order chi connectivity index (χ0) is 23.7. The van der Waals surface area contributed by atoms with E-state index in [1.54, 1.807) is 34.9 Å². The van der Waals surface area contributed by atoms with Crippen LogP contribution in [0.3, 0.4) is 0 Å². The summed E-state index contributed by atoms with van der Waals surface area (Å²) in [5.74, 6) is 0.853. The summed E-state index contributed by atoms with van der Waals surface area (Å²) in [4.78, 5) is 0.174. The van der Waals surface area contributed by atoms with E-state index in [1.807, 2.05) is 12.1 Å². The van der Waals surface area contributed by atoms with Gasteiger partial charge in [0.2, 0.25) is 0 Å². The van der Waals surface area contributed by atoms with E-state index in [2.05, 4.69) is 23.2 Å². The van der Waals surface area contributed by atoms with E-state index in [-0.39, 0.29) is 24.2 Å². The highest BCUT2D eigenvalue weighted by molar-refractivity contribution is 7.92. The molecule has 1 saturated carbocycles. The van der Waals surface area contributed by atoms with E-state index in [1.165, 1.54) is 11.6 Å². The third-order valence-corrected chi connectivity index (χ3v) is 8.60. The number of ether oxygens (including phenoxy) is 1. The van der Waals surface area contributed by atoms with Gasteiger partial charge in [-0.3, -0.25) is 4.31 Å². The number of nitrogens with zero attached hydrogens (tertiary/aromatic N) is 3. The molecule has 7 nitrogen and oxygen atoms in total. The first-order valence-electron chi connectivity index (χ1n) is 11.8. The lowest BCUT2D eigenvalue weighted by Crippen LogP contribution is -2.45. The zero-order valence-electron chi connectivity index (χ0n) is 19.2. The fourth-order valence-electron chi connectivity index (χ4n) is 4.75. The molecule has 1 aliphatic carbocycles. The molecular weight excluding hydrogens is 450 g/mol. The number of hydrogen-bond donors (Lipinski definition) is 1. The van der Waals surface area contributed by atoms with E-state index in [9.17, 15) is 13.5 Å². The number of aryl methyl sites for hydroxylation is 2. The second-order valence-corrected chi connectivity index (χ2v) is 10.8. The molecule has 178 valence electrons. The molecule has 1 atom stereocenters. The summed E-state index contributed by atoms with van der Waals surface area (Å²) < 4.78 is 35.5. The van der Waals surface area contributed by atoms with Crippen molar-refractivity contribution in [2.45, 2.75) is 63.2 Å². The number of rotatable bonds is 8. The average molecular weight is 480 g/mol. The van der Waals surface area contributed by atoms with Crippen molar-refractivity contribution in [3.8, 4) is 5.75 Å². The quantitative estimate of drug-likeness (QED) is 0.524. The summed E-state index contributed by atoms with van der Waals surface area (Å²) in [5.41, 5.74) is 4.36. The predicted octanol–water partition coefficient (Wildman–Crippen LogP) is 4.03. The number of hydrogen-bond acceptors (Lipinski definition) is 6. The molecule has 0 spiro atoms. The van der Waals surface area contributed by atoms with Crippen LogP contribution >= 0.6 is 0 Å². The minimum atomic E-state index is -3.82. The van der Waals surface area contributed by atoms with Gasteiger partial charge >= 0.3 is 0 Å². The average Bonchev–Trinajstić information content (AvgIpc) is 3.72. The SMILES string of the molecule is CCc1ccc2c(c1)CCC(C1CC1)N2S(=O)(=O)c1ccc(OCc2ccnnc2)c(CO)c1. The van der Waals surface area contributed by atoms with Crippen molar-refractivity contribution < 1.29 is 18.3 Å². The van der Waals surface area contributed by atoms with Gasteiger partial charge in [-0.1, -0.05) is 19.1 Å². The molecule has 2 aromatic carbocycles. The van der Waals surface area contributed by atoms with Gasteiger partial charge in [0.25, 0.3) is 10.0 Å². The van der Waals surface area contributed by atoms with Crippen molar-refractivity contribution in [2.24, 2.45) is 5.92 Å². The summed E-state index contributed by atoms with van der Waals surface area (Å²) in [5, 5.41) is 17.5. The highest BCUT2D eigenvalue weighted by Crippen LogP contribution is 2.45. The minimum absolute atomic E-state index is 0.0299. The van der Waals surface area contributed by atoms with Crippen LogP contribution < -0.4 is 9.04 Å². The van der Waals surface area contributed by atoms with Gasteiger partial charge in [0.05, 0.1) is 23.4 Å². The molecule has 5 rings (SSSR count). The molecular formula is C26H29N3O4S. The molecule has 1 N–H and O–H groups in total. The number of sulfonamides is 1. The molecule has 3 aromatic rings. The van der Waals surface area contributed by atoms with Crippen molar-refractivity contribution in [1.82, 2.24) is 10.2 Å². The number of aliphatic hydroxyl groups excluding tert-OH is 1. The summed E-state index contributed by atoms with van der Waals surface area (Å²) in [6.07, 6.45) is 7.97. The molecule has 0 saturated heterocycles. The lowest BCUT2D eigenvalue weighted by atomic mass is 9.93. The van der Waals surface area contributed by atoms with Gasteiger partial charge in [0.15, 0.2) is 0 Å². The van der Waals surface area contributed by atoms with Crippen molar-refractivity contribution in [3.05, 3.63) is 77.1 Å². The van der Waals surface area contributed by atoms with Crippen LogP contribution in [0.15, 0.2) is 59.8 Å². The molecule has 0 radical (unpaired) electrons. The van der Waals surface area contributed by atoms with Crippen LogP contribution in [0, 0.1) is 5.92 Å². The van der Waals surface area contributed by atoms with Gasteiger partial charge < -0.3 is 9.84 Å². The first-order valence-corrected chi connectivity index (χ1v) is 13.2. The Balaban J connectivity index is 1.48. The van der Waals surface area contributed by atoms with Crippen LogP contribution in [0.25, 0.3) is 0 Å². The van der Waals surface area contributed by atoms with Crippen molar-refractivity contribution in [3.63, 3.8) is 0 Å². The Hall–Kier alpha value is -2.97. The molecule has 1 fully saturated rings. The minimum Gasteiger partial charge on any atom is -0.488 e. The first kappa shape index (κ1) is 22.8. The molecule has 1 aromatic heterocycles. The maximum absolute atomic E-state index is 14.0. The standard InChI is InChI=1S/C26H29N3O4S/c1-2-18-3-8-25-21(13-18)6-9-24(20-4-5-20)29(25)34(31,32)23-7-10-26(22(14-23)16-30)33-17-19-11-12-27-28-15-19/h3,7-8,10-15,20,24,30H,2,4-6,9,16-17H2,1H3. The second kappa shape index (κ2) is 9.35. The Bertz CT molecular complexity index is 1280. The largest absolute Gasteiger partial charge is 0.488 e. The molecule has 8 heteroatoms. The maximum Gasteiger partial charge on any atom is 0.264 e. The normalized spacial score (nSPS) is 17.9. The van der Waals surface area contributed by atoms with Crippen LogP contribution in [-0.2, 0) is 36.1 Å². The number of anilines is 1. The van der Waals surface area contributed by atoms with Crippen molar-refractivity contribution in [1.29, 1.82) is 0 Å². The van der Waals surface area contributed by atoms with Crippen molar-refractivity contribution in [2.75, 3.05) is 4.31 Å². The van der Waals surface area contributed by atoms with Crippen LogP contribution in [-0.4, -0.2) is 29.8 Å². The highest BCUT2D eigenvalue weighted by Gasteiger charge is 2.43. The van der Waals surface area contributed by atoms with Crippen LogP contribution in [0.1, 0.15) is 48.4 Å². The summed E-state index contributed by atoms with van der Waals surface area (Å²) in [6.45, 7) is 2.03. The van der Waals surface area contributed by atoms with Gasteiger partial charge in [-0.15, -0.1) is 0 Å². The fourth-order valence-corrected chi connectivity index (χ4v) is 6.58. The van der Waals surface area contributed by atoms with Gasteiger partial charge in [-0.25, -0.2) is 8.42 Å². The maximum atomic E-state index is 14.0. The van der Waals surface area contributed by atoms with E-state index in [4.69, 9.17) is 4.74 Å². The first-order chi connectivity index (χ1) is 16.5.